The van der Waals surface area contributed by atoms with Gasteiger partial charge >= 0.3 is 0 Å². The Labute approximate surface area is 149 Å². The van der Waals surface area contributed by atoms with Gasteiger partial charge in [0.1, 0.15) is 5.76 Å². The standard InChI is InChI=1S/C19H20N2O3S/c1-10-15-12(22)8-19(2,3)9-13(15)24-16(10)17(23)21-18-20-11-6-4-5-7-14(11)25-18/h4-7,12,22H,8-9H2,1-3H3,(H,20,21,23)/t12-/m0/s1. The fourth-order valence-corrected chi connectivity index (χ4v) is 4.44. The number of hydrogen-bond donors (Lipinski definition) is 2. The molecule has 0 saturated heterocycles. The van der Waals surface area contributed by atoms with Crippen molar-refractivity contribution in [3.8, 4) is 0 Å². The summed E-state index contributed by atoms with van der Waals surface area (Å²) in [7, 11) is 0. The lowest BCUT2D eigenvalue weighted by molar-refractivity contribution is 0.0910. The summed E-state index contributed by atoms with van der Waals surface area (Å²) in [6.45, 7) is 6.02. The first-order chi connectivity index (χ1) is 11.8. The summed E-state index contributed by atoms with van der Waals surface area (Å²) in [5, 5.41) is 13.8. The van der Waals surface area contributed by atoms with Gasteiger partial charge in [-0.15, -0.1) is 0 Å². The Morgan fingerprint density at radius 1 is 1.40 bits per heavy atom. The summed E-state index contributed by atoms with van der Waals surface area (Å²) < 4.78 is 6.87. The molecule has 0 saturated carbocycles. The minimum atomic E-state index is -0.591. The summed E-state index contributed by atoms with van der Waals surface area (Å²) in [6, 6.07) is 7.75. The Morgan fingerprint density at radius 3 is 2.92 bits per heavy atom. The zero-order chi connectivity index (χ0) is 17.8. The van der Waals surface area contributed by atoms with Gasteiger partial charge in [-0.1, -0.05) is 37.3 Å². The predicted octanol–water partition coefficient (Wildman–Crippen LogP) is 4.46. The lowest BCUT2D eigenvalue weighted by Gasteiger charge is -2.31. The molecule has 4 rings (SSSR count). The molecule has 1 aromatic carbocycles. The highest BCUT2D eigenvalue weighted by atomic mass is 32.1. The molecule has 1 aliphatic rings. The van der Waals surface area contributed by atoms with Crippen LogP contribution in [0.25, 0.3) is 10.2 Å². The number of aromatic nitrogens is 1. The number of fused-ring (bicyclic) bond motifs is 2. The van der Waals surface area contributed by atoms with Crippen molar-refractivity contribution < 1.29 is 14.3 Å². The summed E-state index contributed by atoms with van der Waals surface area (Å²) in [6.07, 6.45) is 0.792. The third kappa shape index (κ3) is 2.85. The molecule has 3 aromatic rings. The number of hydrogen-bond acceptors (Lipinski definition) is 5. The second-order valence-electron chi connectivity index (χ2n) is 7.39. The van der Waals surface area contributed by atoms with Gasteiger partial charge in [0, 0.05) is 17.5 Å². The van der Waals surface area contributed by atoms with Gasteiger partial charge in [0.2, 0.25) is 0 Å². The van der Waals surface area contributed by atoms with Crippen molar-refractivity contribution in [2.24, 2.45) is 5.41 Å². The molecule has 0 fully saturated rings. The third-order valence-electron chi connectivity index (χ3n) is 4.71. The van der Waals surface area contributed by atoms with Gasteiger partial charge in [0.05, 0.1) is 16.3 Å². The van der Waals surface area contributed by atoms with E-state index in [2.05, 4.69) is 24.1 Å². The zero-order valence-corrected chi connectivity index (χ0v) is 15.2. The molecular formula is C19H20N2O3S. The molecule has 1 atom stereocenters. The number of nitrogens with one attached hydrogen (secondary N) is 1. The Kier molecular flexibility index (Phi) is 3.70. The number of amides is 1. The van der Waals surface area contributed by atoms with E-state index in [0.29, 0.717) is 18.0 Å². The molecule has 2 N–H and O–H groups in total. The number of carbonyl (C=O) groups excluding carboxylic acids is 1. The molecule has 0 spiro atoms. The Hall–Kier alpha value is -2.18. The van der Waals surface area contributed by atoms with Gasteiger partial charge in [-0.3, -0.25) is 10.1 Å². The third-order valence-corrected chi connectivity index (χ3v) is 5.66. The van der Waals surface area contributed by atoms with Crippen molar-refractivity contribution in [2.45, 2.75) is 39.7 Å². The first kappa shape index (κ1) is 16.3. The number of rotatable bonds is 2. The van der Waals surface area contributed by atoms with Crippen molar-refractivity contribution in [1.29, 1.82) is 0 Å². The van der Waals surface area contributed by atoms with Crippen LogP contribution in [0.15, 0.2) is 28.7 Å². The number of carbonyl (C=O) groups is 1. The van der Waals surface area contributed by atoms with Crippen molar-refractivity contribution >= 4 is 32.6 Å². The van der Waals surface area contributed by atoms with Crippen molar-refractivity contribution in [3.05, 3.63) is 46.9 Å². The van der Waals surface area contributed by atoms with E-state index in [1.54, 1.807) is 0 Å². The molecule has 2 heterocycles. The summed E-state index contributed by atoms with van der Waals surface area (Å²) in [5.41, 5.74) is 2.30. The molecule has 1 aliphatic carbocycles. The molecule has 130 valence electrons. The van der Waals surface area contributed by atoms with Crippen LogP contribution < -0.4 is 5.32 Å². The van der Waals surface area contributed by atoms with Crippen LogP contribution >= 0.6 is 11.3 Å². The van der Waals surface area contributed by atoms with Crippen LogP contribution in [0.5, 0.6) is 0 Å². The number of furan rings is 1. The normalized spacial score (nSPS) is 19.0. The van der Waals surface area contributed by atoms with Gasteiger partial charge < -0.3 is 9.52 Å². The maximum atomic E-state index is 12.7. The van der Waals surface area contributed by atoms with Gasteiger partial charge in [-0.2, -0.15) is 0 Å². The minimum absolute atomic E-state index is 0.0442. The van der Waals surface area contributed by atoms with Crippen LogP contribution in [0.1, 0.15) is 53.8 Å². The van der Waals surface area contributed by atoms with Crippen molar-refractivity contribution in [1.82, 2.24) is 4.98 Å². The molecule has 1 amide bonds. The number of aliphatic hydroxyl groups excluding tert-OH is 1. The van der Waals surface area contributed by atoms with E-state index in [9.17, 15) is 9.90 Å². The van der Waals surface area contributed by atoms with E-state index in [4.69, 9.17) is 4.42 Å². The second-order valence-corrected chi connectivity index (χ2v) is 8.43. The Morgan fingerprint density at radius 2 is 2.16 bits per heavy atom. The average molecular weight is 356 g/mol. The van der Waals surface area contributed by atoms with Crippen LogP contribution in [0.4, 0.5) is 5.13 Å². The van der Waals surface area contributed by atoms with Crippen LogP contribution in [-0.2, 0) is 6.42 Å². The van der Waals surface area contributed by atoms with Gasteiger partial charge in [-0.25, -0.2) is 4.98 Å². The fraction of sp³-hybridized carbons (Fsp3) is 0.368. The van der Waals surface area contributed by atoms with Crippen molar-refractivity contribution in [2.75, 3.05) is 5.32 Å². The number of aliphatic hydroxyl groups is 1. The van der Waals surface area contributed by atoms with E-state index in [0.717, 1.165) is 27.1 Å². The molecular weight excluding hydrogens is 336 g/mol. The Balaban J connectivity index is 1.65. The van der Waals surface area contributed by atoms with E-state index < -0.39 is 6.10 Å². The zero-order valence-electron chi connectivity index (χ0n) is 14.4. The molecule has 5 nitrogen and oxygen atoms in total. The second kappa shape index (κ2) is 5.68. The first-order valence-electron chi connectivity index (χ1n) is 8.31. The van der Waals surface area contributed by atoms with E-state index in [-0.39, 0.29) is 17.1 Å². The molecule has 0 bridgehead atoms. The van der Waals surface area contributed by atoms with Crippen LogP contribution in [-0.4, -0.2) is 16.0 Å². The van der Waals surface area contributed by atoms with Gasteiger partial charge in [0.25, 0.3) is 5.91 Å². The van der Waals surface area contributed by atoms with Crippen LogP contribution in [0.2, 0.25) is 0 Å². The van der Waals surface area contributed by atoms with Crippen LogP contribution in [0.3, 0.4) is 0 Å². The molecule has 6 heteroatoms. The van der Waals surface area contributed by atoms with E-state index in [1.165, 1.54) is 11.3 Å². The molecule has 0 unspecified atom stereocenters. The number of anilines is 1. The molecule has 2 aromatic heterocycles. The summed E-state index contributed by atoms with van der Waals surface area (Å²) in [5.74, 6) is 0.660. The maximum absolute atomic E-state index is 12.7. The predicted molar refractivity (Wildman–Crippen MR) is 98.1 cm³/mol. The highest BCUT2D eigenvalue weighted by Crippen LogP contribution is 2.44. The summed E-state index contributed by atoms with van der Waals surface area (Å²) >= 11 is 1.43. The largest absolute Gasteiger partial charge is 0.455 e. The van der Waals surface area contributed by atoms with E-state index >= 15 is 0 Å². The highest BCUT2D eigenvalue weighted by molar-refractivity contribution is 7.22. The first-order valence-corrected chi connectivity index (χ1v) is 9.13. The maximum Gasteiger partial charge on any atom is 0.293 e. The van der Waals surface area contributed by atoms with E-state index in [1.807, 2.05) is 31.2 Å². The average Bonchev–Trinajstić information content (AvgIpc) is 3.06. The lowest BCUT2D eigenvalue weighted by Crippen LogP contribution is -2.24. The molecule has 0 radical (unpaired) electrons. The quantitative estimate of drug-likeness (QED) is 0.711. The monoisotopic (exact) mass is 356 g/mol. The molecule has 25 heavy (non-hydrogen) atoms. The SMILES string of the molecule is Cc1c(C(=O)Nc2nc3ccccc3s2)oc2c1[C@@H](O)CC(C)(C)C2. The van der Waals surface area contributed by atoms with Gasteiger partial charge in [0.15, 0.2) is 10.9 Å². The smallest absolute Gasteiger partial charge is 0.293 e. The highest BCUT2D eigenvalue weighted by Gasteiger charge is 2.37. The Bertz CT molecular complexity index is 937. The van der Waals surface area contributed by atoms with Crippen LogP contribution in [0, 0.1) is 12.3 Å². The minimum Gasteiger partial charge on any atom is -0.455 e. The van der Waals surface area contributed by atoms with Gasteiger partial charge in [-0.05, 0) is 30.9 Å². The number of benzene rings is 1. The fourth-order valence-electron chi connectivity index (χ4n) is 3.58. The van der Waals surface area contributed by atoms with Crippen molar-refractivity contribution in [3.63, 3.8) is 0 Å². The lowest BCUT2D eigenvalue weighted by atomic mass is 9.75. The topological polar surface area (TPSA) is 75.4 Å². The number of nitrogens with zero attached hydrogens (tertiary/aromatic N) is 1. The number of thiazole rings is 1. The number of para-hydroxylation sites is 1. The molecule has 0 aliphatic heterocycles. The summed E-state index contributed by atoms with van der Waals surface area (Å²) in [4.78, 5) is 17.1.